The normalized spacial score (nSPS) is 10.9. The highest BCUT2D eigenvalue weighted by atomic mass is 32.1. The van der Waals surface area contributed by atoms with Crippen molar-refractivity contribution in [2.45, 2.75) is 26.7 Å². The van der Waals surface area contributed by atoms with Crippen LogP contribution in [0.4, 0.5) is 0 Å². The van der Waals surface area contributed by atoms with E-state index in [4.69, 9.17) is 24.3 Å². The number of benzene rings is 2. The van der Waals surface area contributed by atoms with Crippen LogP contribution in [0, 0.1) is 6.92 Å². The molecule has 0 amide bonds. The highest BCUT2D eigenvalue weighted by molar-refractivity contribution is 7.18. The van der Waals surface area contributed by atoms with Gasteiger partial charge in [0.2, 0.25) is 0 Å². The zero-order valence-corrected chi connectivity index (χ0v) is 21.9. The number of pyridine rings is 1. The quantitative estimate of drug-likeness (QED) is 0.233. The van der Waals surface area contributed by atoms with Gasteiger partial charge in [0.15, 0.2) is 23.1 Å². The Kier molecular flexibility index (Phi) is 8.53. The van der Waals surface area contributed by atoms with Crippen LogP contribution in [0.15, 0.2) is 53.9 Å². The highest BCUT2D eigenvalue weighted by Crippen LogP contribution is 2.39. The second-order valence-corrected chi connectivity index (χ2v) is 9.24. The molecule has 0 aliphatic carbocycles. The summed E-state index contributed by atoms with van der Waals surface area (Å²) in [4.78, 5) is 30.6. The Bertz CT molecular complexity index is 1430. The molecule has 4 aromatic rings. The van der Waals surface area contributed by atoms with E-state index < -0.39 is 0 Å². The molecule has 8 heteroatoms. The molecule has 0 saturated heterocycles. The summed E-state index contributed by atoms with van der Waals surface area (Å²) in [6.45, 7) is 4.45. The fourth-order valence-corrected chi connectivity index (χ4v) is 5.10. The molecule has 0 unspecified atom stereocenters. The predicted octanol–water partition coefficient (Wildman–Crippen LogP) is 5.90. The molecule has 1 N–H and O–H groups in total. The van der Waals surface area contributed by atoms with Gasteiger partial charge in [0.05, 0.1) is 20.3 Å². The van der Waals surface area contributed by atoms with Crippen LogP contribution in [0.3, 0.4) is 0 Å². The van der Waals surface area contributed by atoms with E-state index in [1.54, 1.807) is 41.7 Å². The number of hydrogen-bond acceptors (Lipinski definition) is 8. The van der Waals surface area contributed by atoms with Crippen LogP contribution in [0.5, 0.6) is 17.2 Å². The largest absolute Gasteiger partial charge is 0.493 e. The third-order valence-corrected chi connectivity index (χ3v) is 7.04. The van der Waals surface area contributed by atoms with E-state index in [0.717, 1.165) is 10.9 Å². The summed E-state index contributed by atoms with van der Waals surface area (Å²) < 4.78 is 17.7. The van der Waals surface area contributed by atoms with E-state index in [0.29, 0.717) is 40.8 Å². The van der Waals surface area contributed by atoms with Gasteiger partial charge in [-0.2, -0.15) is 0 Å². The third-order valence-electron chi connectivity index (χ3n) is 5.91. The van der Waals surface area contributed by atoms with Gasteiger partial charge in [0.25, 0.3) is 0 Å². The molecule has 0 radical (unpaired) electrons. The molecule has 0 aliphatic rings. The fourth-order valence-electron chi connectivity index (χ4n) is 4.07. The Balaban J connectivity index is 1.54. The predicted molar refractivity (Wildman–Crippen MR) is 144 cm³/mol. The van der Waals surface area contributed by atoms with Crippen molar-refractivity contribution in [1.82, 2.24) is 4.98 Å². The van der Waals surface area contributed by atoms with Crippen LogP contribution >= 0.6 is 11.3 Å². The van der Waals surface area contributed by atoms with Gasteiger partial charge in [-0.05, 0) is 49.7 Å². The molecule has 2 heterocycles. The topological polar surface area (TPSA) is 95.0 Å². The lowest BCUT2D eigenvalue weighted by Crippen LogP contribution is -2.09. The number of thiophene rings is 1. The first-order valence-corrected chi connectivity index (χ1v) is 12.9. The molecule has 0 bridgehead atoms. The van der Waals surface area contributed by atoms with Gasteiger partial charge in [0, 0.05) is 39.4 Å². The van der Waals surface area contributed by atoms with E-state index in [1.807, 2.05) is 24.4 Å². The Morgan fingerprint density at radius 2 is 1.76 bits per heavy atom. The summed E-state index contributed by atoms with van der Waals surface area (Å²) in [5, 5.41) is 12.1. The number of methoxy groups -OCH3 is 1. The van der Waals surface area contributed by atoms with Crippen LogP contribution in [0.25, 0.3) is 21.3 Å². The van der Waals surface area contributed by atoms with Gasteiger partial charge in [-0.15, -0.1) is 11.3 Å². The number of ketones is 2. The molecular formula is C29H29NO6S. The lowest BCUT2D eigenvalue weighted by atomic mass is 10.0. The minimum absolute atomic E-state index is 0.0217. The number of carbonyl (C=O) groups excluding carboxylic acids is 2. The highest BCUT2D eigenvalue weighted by Gasteiger charge is 2.19. The van der Waals surface area contributed by atoms with Gasteiger partial charge in [-0.1, -0.05) is 18.2 Å². The van der Waals surface area contributed by atoms with Gasteiger partial charge in [0.1, 0.15) is 23.7 Å². The van der Waals surface area contributed by atoms with Crippen LogP contribution in [0.1, 0.15) is 46.2 Å². The SMILES string of the molecule is CCOc1ccc(C(=O)CCC(=O)c2ccc(OCCO)c(OC)c2)nc1-c1csc2c(C)cccc12. The summed E-state index contributed by atoms with van der Waals surface area (Å²) in [6, 6.07) is 14.4. The molecule has 0 saturated carbocycles. The van der Waals surface area contributed by atoms with E-state index in [1.165, 1.54) is 17.4 Å². The number of fused-ring (bicyclic) bond motifs is 1. The average Bonchev–Trinajstić information content (AvgIpc) is 3.36. The first kappa shape index (κ1) is 26.3. The summed E-state index contributed by atoms with van der Waals surface area (Å²) in [6.07, 6.45) is 0.0530. The Morgan fingerprint density at radius 3 is 2.51 bits per heavy atom. The Hall–Kier alpha value is -3.75. The summed E-state index contributed by atoms with van der Waals surface area (Å²) in [5.41, 5.74) is 3.44. The molecule has 0 spiro atoms. The molecule has 7 nitrogen and oxygen atoms in total. The van der Waals surface area contributed by atoms with Gasteiger partial charge < -0.3 is 19.3 Å². The van der Waals surface area contributed by atoms with Crippen molar-refractivity contribution in [2.24, 2.45) is 0 Å². The van der Waals surface area contributed by atoms with Crippen molar-refractivity contribution in [3.05, 3.63) is 70.7 Å². The molecule has 0 fully saturated rings. The number of hydrogen-bond donors (Lipinski definition) is 1. The Morgan fingerprint density at radius 1 is 0.973 bits per heavy atom. The molecule has 0 atom stereocenters. The lowest BCUT2D eigenvalue weighted by Gasteiger charge is -2.12. The molecule has 2 aromatic carbocycles. The first-order valence-electron chi connectivity index (χ1n) is 12.1. The molecule has 0 aliphatic heterocycles. The maximum Gasteiger partial charge on any atom is 0.181 e. The van der Waals surface area contributed by atoms with E-state index in [2.05, 4.69) is 13.0 Å². The average molecular weight is 520 g/mol. The van der Waals surface area contributed by atoms with Crippen LogP contribution in [-0.2, 0) is 0 Å². The first-order chi connectivity index (χ1) is 18.0. The number of ether oxygens (including phenoxy) is 3. The van der Waals surface area contributed by atoms with Crippen molar-refractivity contribution >= 4 is 33.0 Å². The number of aliphatic hydroxyl groups is 1. The second-order valence-electron chi connectivity index (χ2n) is 8.36. The maximum absolute atomic E-state index is 13.1. The minimum atomic E-state index is -0.219. The van der Waals surface area contributed by atoms with Crippen molar-refractivity contribution < 1.29 is 28.9 Å². The molecule has 37 heavy (non-hydrogen) atoms. The van der Waals surface area contributed by atoms with Crippen LogP contribution < -0.4 is 14.2 Å². The minimum Gasteiger partial charge on any atom is -0.493 e. The number of nitrogens with zero attached hydrogens (tertiary/aromatic N) is 1. The number of Topliss-reactive ketones (excluding diaryl/α,β-unsaturated/α-hetero) is 2. The number of rotatable bonds is 12. The summed E-state index contributed by atoms with van der Waals surface area (Å²) in [7, 11) is 1.48. The van der Waals surface area contributed by atoms with Gasteiger partial charge >= 0.3 is 0 Å². The molecule has 192 valence electrons. The van der Waals surface area contributed by atoms with Crippen molar-refractivity contribution in [3.8, 4) is 28.5 Å². The van der Waals surface area contributed by atoms with Gasteiger partial charge in [-0.3, -0.25) is 9.59 Å². The smallest absolute Gasteiger partial charge is 0.181 e. The molecule has 2 aromatic heterocycles. The maximum atomic E-state index is 13.1. The molecule has 4 rings (SSSR count). The summed E-state index contributed by atoms with van der Waals surface area (Å²) in [5.74, 6) is 1.04. The number of aromatic nitrogens is 1. The van der Waals surface area contributed by atoms with E-state index >= 15 is 0 Å². The monoisotopic (exact) mass is 519 g/mol. The fraction of sp³-hybridized carbons (Fsp3) is 0.276. The third kappa shape index (κ3) is 5.81. The number of carbonyl (C=O) groups is 2. The lowest BCUT2D eigenvalue weighted by molar-refractivity contribution is 0.0914. The number of aliphatic hydroxyl groups excluding tert-OH is 1. The zero-order chi connectivity index (χ0) is 26.4. The standard InChI is InChI=1S/C29H29NO6S/c1-4-35-26-13-9-22(30-28(26)21-17-37-29-18(2)6-5-7-20(21)29)24(33)11-10-23(32)19-8-12-25(36-15-14-31)27(16-19)34-3/h5-9,12-13,16-17,31H,4,10-11,14-15H2,1-3H3. The van der Waals surface area contributed by atoms with E-state index in [9.17, 15) is 9.59 Å². The summed E-state index contributed by atoms with van der Waals surface area (Å²) >= 11 is 1.64. The van der Waals surface area contributed by atoms with Gasteiger partial charge in [-0.25, -0.2) is 4.98 Å². The van der Waals surface area contributed by atoms with Crippen molar-refractivity contribution in [3.63, 3.8) is 0 Å². The van der Waals surface area contributed by atoms with Crippen molar-refractivity contribution in [1.29, 1.82) is 0 Å². The Labute approximate surface area is 219 Å². The van der Waals surface area contributed by atoms with Crippen LogP contribution in [0.2, 0.25) is 0 Å². The van der Waals surface area contributed by atoms with Crippen LogP contribution in [-0.4, -0.2) is 48.6 Å². The number of aryl methyl sites for hydroxylation is 1. The van der Waals surface area contributed by atoms with Crippen molar-refractivity contribution in [2.75, 3.05) is 26.9 Å². The zero-order valence-electron chi connectivity index (χ0n) is 21.1. The molecular weight excluding hydrogens is 490 g/mol. The second kappa shape index (κ2) is 12.0. The van der Waals surface area contributed by atoms with E-state index in [-0.39, 0.29) is 37.6 Å².